The zero-order chi connectivity index (χ0) is 18.3. The predicted octanol–water partition coefficient (Wildman–Crippen LogP) is 0.398. The van der Waals surface area contributed by atoms with Gasteiger partial charge in [-0.1, -0.05) is 0 Å². The van der Waals surface area contributed by atoms with Crippen LogP contribution in [0.5, 0.6) is 0 Å². The van der Waals surface area contributed by atoms with Crippen molar-refractivity contribution in [2.45, 2.75) is 45.1 Å². The van der Waals surface area contributed by atoms with Crippen LogP contribution >= 0.6 is 0 Å². The Morgan fingerprint density at radius 3 is 2.73 bits per heavy atom. The molecule has 3 N–H and O–H groups in total. The third-order valence-electron chi connectivity index (χ3n) is 5.70. The predicted molar refractivity (Wildman–Crippen MR) is 94.3 cm³/mol. The molecule has 1 aliphatic carbocycles. The normalized spacial score (nSPS) is 22.8. The summed E-state index contributed by atoms with van der Waals surface area (Å²) >= 11 is 0. The number of nitrogens with two attached hydrogens (primary N) is 1. The van der Waals surface area contributed by atoms with Crippen LogP contribution in [0, 0.1) is 11.8 Å². The zero-order valence-corrected chi connectivity index (χ0v) is 14.9. The van der Waals surface area contributed by atoms with Crippen LogP contribution < -0.4 is 11.3 Å². The molecule has 2 fully saturated rings. The number of piperidine rings is 1. The maximum Gasteiger partial charge on any atom is 0.314 e. The summed E-state index contributed by atoms with van der Waals surface area (Å²) in [5.74, 6) is 1.20. The first kappa shape index (κ1) is 17.1. The Morgan fingerprint density at radius 1 is 1.19 bits per heavy atom. The van der Waals surface area contributed by atoms with Gasteiger partial charge in [-0.05, 0) is 38.0 Å². The van der Waals surface area contributed by atoms with Crippen LogP contribution in [0.15, 0.2) is 4.79 Å². The molecular weight excluding hydrogens is 334 g/mol. The Morgan fingerprint density at radius 2 is 2.00 bits per heavy atom. The molecule has 4 rings (SSSR count). The van der Waals surface area contributed by atoms with Crippen molar-refractivity contribution in [2.75, 3.05) is 19.6 Å². The van der Waals surface area contributed by atoms with Gasteiger partial charge in [-0.2, -0.15) is 0 Å². The average Bonchev–Trinajstić information content (AvgIpc) is 3.44. The fraction of sp³-hybridized carbons (Fsp3) is 0.667. The van der Waals surface area contributed by atoms with Crippen LogP contribution in [-0.2, 0) is 24.2 Å². The van der Waals surface area contributed by atoms with Gasteiger partial charge in [-0.3, -0.25) is 9.59 Å². The summed E-state index contributed by atoms with van der Waals surface area (Å²) in [6.07, 6.45) is 5.29. The zero-order valence-electron chi connectivity index (χ0n) is 14.9. The molecule has 1 aromatic heterocycles. The standard InChI is InChI=1S/C18H25N5O3/c19-18(26)23-6-1-2-12(9-23)17(25)22-7-5-13-14(10-22)20-15(21-16(13)24)8-11-3-4-11/h11-12H,1-10H2,(H2,19,26)(H,20,21,24)/t12-/m0/s1. The minimum absolute atomic E-state index is 0.0347. The van der Waals surface area contributed by atoms with Gasteiger partial charge in [0.2, 0.25) is 5.91 Å². The van der Waals surface area contributed by atoms with E-state index in [2.05, 4.69) is 9.97 Å². The lowest BCUT2D eigenvalue weighted by Gasteiger charge is -2.35. The van der Waals surface area contributed by atoms with Crippen LogP contribution in [-0.4, -0.2) is 51.3 Å². The molecule has 8 heteroatoms. The number of nitrogens with one attached hydrogen (secondary N) is 1. The van der Waals surface area contributed by atoms with E-state index in [4.69, 9.17) is 5.73 Å². The Kier molecular flexibility index (Phi) is 4.42. The van der Waals surface area contributed by atoms with Gasteiger partial charge >= 0.3 is 6.03 Å². The van der Waals surface area contributed by atoms with Gasteiger partial charge in [-0.25, -0.2) is 9.78 Å². The van der Waals surface area contributed by atoms with E-state index < -0.39 is 6.03 Å². The number of hydrogen-bond acceptors (Lipinski definition) is 4. The van der Waals surface area contributed by atoms with Crippen molar-refractivity contribution in [1.29, 1.82) is 0 Å². The molecule has 8 nitrogen and oxygen atoms in total. The molecule has 3 aliphatic rings. The first-order chi connectivity index (χ1) is 12.5. The largest absolute Gasteiger partial charge is 0.351 e. The van der Waals surface area contributed by atoms with E-state index in [1.165, 1.54) is 12.8 Å². The van der Waals surface area contributed by atoms with Gasteiger partial charge in [0.25, 0.3) is 5.56 Å². The SMILES string of the molecule is NC(=O)N1CCC[C@H](C(=O)N2CCc3c(nc(CC4CC4)[nH]c3=O)C2)C1. The van der Waals surface area contributed by atoms with Crippen molar-refractivity contribution in [3.63, 3.8) is 0 Å². The van der Waals surface area contributed by atoms with Gasteiger partial charge < -0.3 is 20.5 Å². The van der Waals surface area contributed by atoms with Crippen LogP contribution in [0.25, 0.3) is 0 Å². The molecule has 3 heterocycles. The molecule has 2 aliphatic heterocycles. The van der Waals surface area contributed by atoms with Crippen molar-refractivity contribution < 1.29 is 9.59 Å². The molecule has 0 aromatic carbocycles. The highest BCUT2D eigenvalue weighted by molar-refractivity contribution is 5.80. The quantitative estimate of drug-likeness (QED) is 0.813. The van der Waals surface area contributed by atoms with Crippen LogP contribution in [0.3, 0.4) is 0 Å². The number of likely N-dealkylation sites (tertiary alicyclic amines) is 1. The molecule has 0 bridgehead atoms. The number of primary amides is 1. The van der Waals surface area contributed by atoms with E-state index in [-0.39, 0.29) is 17.4 Å². The molecule has 1 saturated heterocycles. The number of nitrogens with zero attached hydrogens (tertiary/aromatic N) is 3. The lowest BCUT2D eigenvalue weighted by molar-refractivity contribution is -0.138. The molecule has 26 heavy (non-hydrogen) atoms. The lowest BCUT2D eigenvalue weighted by Crippen LogP contribution is -2.49. The third kappa shape index (κ3) is 3.45. The number of hydrogen-bond donors (Lipinski definition) is 2. The Bertz CT molecular complexity index is 786. The van der Waals surface area contributed by atoms with E-state index in [0.717, 1.165) is 30.8 Å². The third-order valence-corrected chi connectivity index (χ3v) is 5.70. The summed E-state index contributed by atoms with van der Waals surface area (Å²) in [6.45, 7) is 1.89. The Hall–Kier alpha value is -2.38. The maximum absolute atomic E-state index is 12.9. The minimum atomic E-state index is -0.468. The Labute approximate surface area is 151 Å². The highest BCUT2D eigenvalue weighted by Gasteiger charge is 2.33. The number of aromatic amines is 1. The van der Waals surface area contributed by atoms with E-state index in [0.29, 0.717) is 44.1 Å². The lowest BCUT2D eigenvalue weighted by atomic mass is 9.95. The van der Waals surface area contributed by atoms with E-state index in [9.17, 15) is 14.4 Å². The number of rotatable bonds is 3. The van der Waals surface area contributed by atoms with E-state index in [1.54, 1.807) is 9.80 Å². The molecule has 1 aromatic rings. The monoisotopic (exact) mass is 359 g/mol. The van der Waals surface area contributed by atoms with Crippen molar-refractivity contribution in [3.05, 3.63) is 27.4 Å². The number of carbonyl (C=O) groups is 2. The Balaban J connectivity index is 1.48. The van der Waals surface area contributed by atoms with Crippen molar-refractivity contribution in [2.24, 2.45) is 17.6 Å². The van der Waals surface area contributed by atoms with Crippen LogP contribution in [0.1, 0.15) is 42.8 Å². The number of urea groups is 1. The van der Waals surface area contributed by atoms with Gasteiger partial charge in [-0.15, -0.1) is 0 Å². The summed E-state index contributed by atoms with van der Waals surface area (Å²) in [5.41, 5.74) is 6.74. The van der Waals surface area contributed by atoms with Gasteiger partial charge in [0.1, 0.15) is 5.82 Å². The average molecular weight is 359 g/mol. The van der Waals surface area contributed by atoms with E-state index in [1.807, 2.05) is 0 Å². The molecule has 0 spiro atoms. The smallest absolute Gasteiger partial charge is 0.314 e. The van der Waals surface area contributed by atoms with Crippen molar-refractivity contribution >= 4 is 11.9 Å². The summed E-state index contributed by atoms with van der Waals surface area (Å²) in [6, 6.07) is -0.468. The molecular formula is C18H25N5O3. The van der Waals surface area contributed by atoms with Gasteiger partial charge in [0.15, 0.2) is 0 Å². The van der Waals surface area contributed by atoms with Crippen molar-refractivity contribution in [3.8, 4) is 0 Å². The molecule has 140 valence electrons. The van der Waals surface area contributed by atoms with Crippen LogP contribution in [0.4, 0.5) is 4.79 Å². The minimum Gasteiger partial charge on any atom is -0.351 e. The topological polar surface area (TPSA) is 112 Å². The molecule has 0 unspecified atom stereocenters. The summed E-state index contributed by atoms with van der Waals surface area (Å²) in [4.78, 5) is 47.5. The summed E-state index contributed by atoms with van der Waals surface area (Å²) in [5, 5.41) is 0. The number of carbonyl (C=O) groups excluding carboxylic acids is 2. The highest BCUT2D eigenvalue weighted by Crippen LogP contribution is 2.31. The van der Waals surface area contributed by atoms with Gasteiger partial charge in [0, 0.05) is 31.6 Å². The first-order valence-corrected chi connectivity index (χ1v) is 9.45. The van der Waals surface area contributed by atoms with Gasteiger partial charge in [0.05, 0.1) is 18.2 Å². The second kappa shape index (κ2) is 6.74. The number of H-pyrrole nitrogens is 1. The van der Waals surface area contributed by atoms with Crippen LogP contribution in [0.2, 0.25) is 0 Å². The molecule has 3 amide bonds. The highest BCUT2D eigenvalue weighted by atomic mass is 16.2. The summed E-state index contributed by atoms with van der Waals surface area (Å²) in [7, 11) is 0. The molecule has 1 atom stereocenters. The first-order valence-electron chi connectivity index (χ1n) is 9.45. The summed E-state index contributed by atoms with van der Waals surface area (Å²) < 4.78 is 0. The number of fused-ring (bicyclic) bond motifs is 1. The van der Waals surface area contributed by atoms with Crippen molar-refractivity contribution in [1.82, 2.24) is 19.8 Å². The maximum atomic E-state index is 12.9. The fourth-order valence-corrected chi connectivity index (χ4v) is 4.01. The number of aromatic nitrogens is 2. The number of amides is 3. The fourth-order valence-electron chi connectivity index (χ4n) is 4.01. The molecule has 1 saturated carbocycles. The second-order valence-electron chi connectivity index (χ2n) is 7.72. The van der Waals surface area contributed by atoms with E-state index >= 15 is 0 Å². The second-order valence-corrected chi connectivity index (χ2v) is 7.72. The molecule has 0 radical (unpaired) electrons.